The van der Waals surface area contributed by atoms with E-state index in [0.717, 1.165) is 14.2 Å². The zero-order valence-electron chi connectivity index (χ0n) is 16.2. The van der Waals surface area contributed by atoms with E-state index in [9.17, 15) is 4.39 Å². The normalized spacial score (nSPS) is 22.0. The molecule has 4 N–H and O–H groups in total. The summed E-state index contributed by atoms with van der Waals surface area (Å²) in [6, 6.07) is 6.63. The molecule has 7 nitrogen and oxygen atoms in total. The van der Waals surface area contributed by atoms with E-state index in [-0.39, 0.29) is 23.9 Å². The first-order valence-corrected chi connectivity index (χ1v) is 10.6. The Morgan fingerprint density at radius 3 is 2.79 bits per heavy atom. The Kier molecular flexibility index (Phi) is 5.09. The van der Waals surface area contributed by atoms with Crippen molar-refractivity contribution in [3.05, 3.63) is 67.3 Å². The Labute approximate surface area is 187 Å². The van der Waals surface area contributed by atoms with Gasteiger partial charge in [0.2, 0.25) is 5.82 Å². The van der Waals surface area contributed by atoms with Gasteiger partial charge < -0.3 is 16.4 Å². The summed E-state index contributed by atoms with van der Waals surface area (Å²) >= 11 is 6.67. The third-order valence-electron chi connectivity index (χ3n) is 5.21. The molecule has 2 aliphatic rings. The molecule has 10 heteroatoms. The summed E-state index contributed by atoms with van der Waals surface area (Å²) < 4.78 is 16.5. The Hall–Kier alpha value is -2.08. The van der Waals surface area contributed by atoms with E-state index < -0.39 is 0 Å². The number of nitrogens with one attached hydrogen (secondary N) is 2. The number of thiol groups is 1. The average Bonchev–Trinajstić information content (AvgIpc) is 3.14. The van der Waals surface area contributed by atoms with Gasteiger partial charge in [-0.2, -0.15) is 0 Å². The molecular formula is C19H21FIN7S. The zero-order chi connectivity index (χ0) is 20.9. The molecule has 152 valence electrons. The topological polar surface area (TPSA) is 93.2 Å². The quantitative estimate of drug-likeness (QED) is 0.366. The number of hydrogen-bond acceptors (Lipinski definition) is 7. The summed E-state index contributed by atoms with van der Waals surface area (Å²) in [5.74, 6) is 1.81. The molecule has 0 amide bonds. The number of amidine groups is 1. The molecule has 0 bridgehead atoms. The number of allylic oxidation sites excluding steroid dienone is 1. The molecule has 1 fully saturated rings. The average molecular weight is 525 g/mol. The highest BCUT2D eigenvalue weighted by Gasteiger charge is 2.45. The molecule has 29 heavy (non-hydrogen) atoms. The number of halogens is 2. The largest absolute Gasteiger partial charge is 0.385 e. The summed E-state index contributed by atoms with van der Waals surface area (Å²) in [5, 5.41) is 11.1. The Balaban J connectivity index is 1.66. The lowest BCUT2D eigenvalue weighted by atomic mass is 9.83. The van der Waals surface area contributed by atoms with E-state index in [1.807, 2.05) is 6.92 Å². The van der Waals surface area contributed by atoms with Crippen molar-refractivity contribution in [2.24, 2.45) is 16.1 Å². The molecule has 0 aliphatic carbocycles. The summed E-state index contributed by atoms with van der Waals surface area (Å²) in [6.07, 6.45) is -0.313. The molecule has 1 unspecified atom stereocenters. The van der Waals surface area contributed by atoms with Gasteiger partial charge in [0, 0.05) is 22.2 Å². The highest BCUT2D eigenvalue weighted by molar-refractivity contribution is 14.1. The van der Waals surface area contributed by atoms with Crippen molar-refractivity contribution in [1.82, 2.24) is 25.4 Å². The molecule has 1 aromatic heterocycles. The van der Waals surface area contributed by atoms with E-state index in [1.165, 1.54) is 6.07 Å². The van der Waals surface area contributed by atoms with E-state index >= 15 is 0 Å². The Bertz CT molecular complexity index is 1080. The van der Waals surface area contributed by atoms with Gasteiger partial charge in [-0.3, -0.25) is 0 Å². The van der Waals surface area contributed by atoms with Crippen LogP contribution < -0.4 is 16.4 Å². The first-order valence-electron chi connectivity index (χ1n) is 9.04. The summed E-state index contributed by atoms with van der Waals surface area (Å²) in [4.78, 5) is 9.25. The second kappa shape index (κ2) is 7.31. The number of fused-ring (bicyclic) bond motifs is 1. The maximum atomic E-state index is 14.0. The number of nitrogens with two attached hydrogens (primary N) is 1. The molecule has 4 rings (SSSR count). The summed E-state index contributed by atoms with van der Waals surface area (Å²) in [5.41, 5.74) is 8.53. The second-order valence-electron chi connectivity index (χ2n) is 7.50. The van der Waals surface area contributed by atoms with Crippen LogP contribution in [-0.2, 0) is 6.54 Å². The molecule has 2 aromatic rings. The number of hydrogen-bond donors (Lipinski definition) is 4. The van der Waals surface area contributed by atoms with Crippen molar-refractivity contribution in [2.75, 3.05) is 0 Å². The van der Waals surface area contributed by atoms with Gasteiger partial charge in [-0.1, -0.05) is 32.0 Å². The van der Waals surface area contributed by atoms with Crippen molar-refractivity contribution in [1.29, 1.82) is 0 Å². The van der Waals surface area contributed by atoms with Crippen molar-refractivity contribution < 1.29 is 4.39 Å². The van der Waals surface area contributed by atoms with Crippen LogP contribution in [0.4, 0.5) is 4.39 Å². The molecule has 3 heterocycles. The predicted molar refractivity (Wildman–Crippen MR) is 122 cm³/mol. The number of aryl methyl sites for hydroxylation is 1. The first-order chi connectivity index (χ1) is 13.7. The van der Waals surface area contributed by atoms with Crippen molar-refractivity contribution in [3.8, 4) is 0 Å². The van der Waals surface area contributed by atoms with Gasteiger partial charge in [-0.15, -0.1) is 17.7 Å². The van der Waals surface area contributed by atoms with Crippen molar-refractivity contribution in [2.45, 2.75) is 33.5 Å². The summed E-state index contributed by atoms with van der Waals surface area (Å²) in [7, 11) is 0. The van der Waals surface area contributed by atoms with E-state index in [1.54, 1.807) is 22.9 Å². The molecule has 1 saturated heterocycles. The molecule has 1 aromatic carbocycles. The first kappa shape index (κ1) is 20.2. The highest BCUT2D eigenvalue weighted by Crippen LogP contribution is 2.46. The molecule has 1 atom stereocenters. The molecule has 0 saturated carbocycles. The van der Waals surface area contributed by atoms with Crippen LogP contribution in [0.3, 0.4) is 0 Å². The van der Waals surface area contributed by atoms with Crippen molar-refractivity contribution in [3.63, 3.8) is 0 Å². The van der Waals surface area contributed by atoms with E-state index in [0.29, 0.717) is 28.9 Å². The van der Waals surface area contributed by atoms with Crippen LogP contribution in [0.5, 0.6) is 0 Å². The van der Waals surface area contributed by atoms with Gasteiger partial charge in [-0.25, -0.2) is 19.0 Å². The predicted octanol–water partition coefficient (Wildman–Crippen LogP) is 2.78. The highest BCUT2D eigenvalue weighted by atomic mass is 127. The minimum atomic E-state index is -0.317. The fraction of sp³-hybridized carbons (Fsp3) is 0.316. The van der Waals surface area contributed by atoms with Gasteiger partial charge in [0.1, 0.15) is 23.6 Å². The van der Waals surface area contributed by atoms with E-state index in [4.69, 9.17) is 10.7 Å². The third kappa shape index (κ3) is 3.52. The standard InChI is InChI=1S/C19H21FIN7S/c1-9-23-18(27-28(9)8-10-6-4-5-7-11(10)20)17-25-15(22)12-16(26-17)24-13(14(21)29)19(12,2)3/h4-7,16,24,29H,8,22H2,1-3H3,(H,25,26)/b14-13+. The fourth-order valence-corrected chi connectivity index (χ4v) is 4.87. The lowest BCUT2D eigenvalue weighted by Crippen LogP contribution is -2.40. The number of benzene rings is 1. The Morgan fingerprint density at radius 2 is 2.10 bits per heavy atom. The molecule has 2 aliphatic heterocycles. The molecule has 0 radical (unpaired) electrons. The summed E-state index contributed by atoms with van der Waals surface area (Å²) in [6.45, 7) is 6.28. The Morgan fingerprint density at radius 1 is 1.38 bits per heavy atom. The second-order valence-corrected chi connectivity index (χ2v) is 9.88. The lowest BCUT2D eigenvalue weighted by molar-refractivity contribution is 0.548. The molecule has 0 spiro atoms. The van der Waals surface area contributed by atoms with Crippen LogP contribution in [0.2, 0.25) is 0 Å². The van der Waals surface area contributed by atoms with Crippen molar-refractivity contribution >= 4 is 41.1 Å². The van der Waals surface area contributed by atoms with Gasteiger partial charge in [0.15, 0.2) is 5.84 Å². The molecular weight excluding hydrogens is 504 g/mol. The van der Waals surface area contributed by atoms with E-state index in [2.05, 4.69) is 69.8 Å². The maximum Gasteiger partial charge on any atom is 0.217 e. The van der Waals surface area contributed by atoms with Gasteiger partial charge in [-0.05, 0) is 35.6 Å². The number of rotatable bonds is 3. The van der Waals surface area contributed by atoms with Crippen LogP contribution in [-0.4, -0.2) is 26.8 Å². The van der Waals surface area contributed by atoms with Crippen LogP contribution in [0.1, 0.15) is 31.1 Å². The smallest absolute Gasteiger partial charge is 0.217 e. The van der Waals surface area contributed by atoms with Crippen LogP contribution in [0.25, 0.3) is 0 Å². The number of nitrogens with zero attached hydrogens (tertiary/aromatic N) is 4. The minimum absolute atomic E-state index is 0.271. The van der Waals surface area contributed by atoms with Gasteiger partial charge in [0.05, 0.1) is 9.46 Å². The fourth-order valence-electron chi connectivity index (χ4n) is 3.69. The third-order valence-corrected chi connectivity index (χ3v) is 5.97. The SMILES string of the molecule is Cc1nc(C2=NC3N/C(=C(/S)I)C(C)(C)C3=C(N)N2)nn1Cc1ccccc1F. The van der Waals surface area contributed by atoms with Crippen LogP contribution >= 0.6 is 35.2 Å². The number of aliphatic imine (C=N–C) groups is 1. The number of aromatic nitrogens is 3. The maximum absolute atomic E-state index is 14.0. The van der Waals surface area contributed by atoms with Gasteiger partial charge in [0.25, 0.3) is 0 Å². The van der Waals surface area contributed by atoms with Gasteiger partial charge >= 0.3 is 0 Å². The lowest BCUT2D eigenvalue weighted by Gasteiger charge is -2.26. The minimum Gasteiger partial charge on any atom is -0.385 e. The zero-order valence-corrected chi connectivity index (χ0v) is 19.2. The van der Waals surface area contributed by atoms with Crippen LogP contribution in [0.15, 0.2) is 49.3 Å². The van der Waals surface area contributed by atoms with Crippen LogP contribution in [0, 0.1) is 18.2 Å². The monoisotopic (exact) mass is 525 g/mol.